The summed E-state index contributed by atoms with van der Waals surface area (Å²) in [5.74, 6) is 0.157. The second-order valence-electron chi connectivity index (χ2n) is 4.80. The molecule has 0 aliphatic heterocycles. The van der Waals surface area contributed by atoms with Crippen LogP contribution in [-0.2, 0) is 4.74 Å². The molecule has 1 aromatic heterocycles. The van der Waals surface area contributed by atoms with Crippen molar-refractivity contribution in [2.45, 2.75) is 0 Å². The van der Waals surface area contributed by atoms with E-state index >= 15 is 0 Å². The molecule has 0 unspecified atom stereocenters. The number of para-hydroxylation sites is 2. The van der Waals surface area contributed by atoms with E-state index in [0.717, 1.165) is 5.69 Å². The van der Waals surface area contributed by atoms with Crippen LogP contribution in [0.2, 0.25) is 0 Å². The maximum Gasteiger partial charge on any atom is 0.339 e. The van der Waals surface area contributed by atoms with Crippen molar-refractivity contribution in [3.8, 4) is 5.69 Å². The number of hydrogen-bond acceptors (Lipinski definition) is 6. The average molecular weight is 321 g/mol. The van der Waals surface area contributed by atoms with Gasteiger partial charge in [0.2, 0.25) is 0 Å². The van der Waals surface area contributed by atoms with Gasteiger partial charge in [-0.1, -0.05) is 30.3 Å². The van der Waals surface area contributed by atoms with Crippen molar-refractivity contribution in [1.29, 1.82) is 0 Å². The van der Waals surface area contributed by atoms with Gasteiger partial charge in [-0.3, -0.25) is 0 Å². The van der Waals surface area contributed by atoms with E-state index in [1.54, 1.807) is 35.2 Å². The Hall–Kier alpha value is -3.48. The van der Waals surface area contributed by atoms with E-state index in [9.17, 15) is 4.79 Å². The summed E-state index contributed by atoms with van der Waals surface area (Å²) in [4.78, 5) is 11.7. The molecule has 0 radical (unpaired) electrons. The van der Waals surface area contributed by atoms with Gasteiger partial charge in [0.25, 0.3) is 0 Å². The molecule has 7 heteroatoms. The lowest BCUT2D eigenvalue weighted by Crippen LogP contribution is -2.05. The minimum Gasteiger partial charge on any atom is -0.465 e. The number of nitrogens with zero attached hydrogens (tertiary/aromatic N) is 4. The third-order valence-corrected chi connectivity index (χ3v) is 3.30. The molecule has 2 aromatic carbocycles. The van der Waals surface area contributed by atoms with Crippen LogP contribution < -0.4 is 5.32 Å². The maximum atomic E-state index is 11.7. The van der Waals surface area contributed by atoms with Gasteiger partial charge >= 0.3 is 5.97 Å². The molecular weight excluding hydrogens is 306 g/mol. The fourth-order valence-electron chi connectivity index (χ4n) is 2.15. The minimum absolute atomic E-state index is 0.402. The normalized spacial score (nSPS) is 10.7. The molecule has 3 aromatic rings. The van der Waals surface area contributed by atoms with Gasteiger partial charge in [-0.25, -0.2) is 4.79 Å². The van der Waals surface area contributed by atoms with Crippen molar-refractivity contribution < 1.29 is 9.53 Å². The summed E-state index contributed by atoms with van der Waals surface area (Å²) in [7, 11) is 1.35. The molecule has 0 aliphatic rings. The zero-order valence-corrected chi connectivity index (χ0v) is 13.0. The molecule has 0 aliphatic carbocycles. The van der Waals surface area contributed by atoms with Crippen LogP contribution in [0.4, 0.5) is 5.69 Å². The Morgan fingerprint density at radius 3 is 2.67 bits per heavy atom. The Balaban J connectivity index is 1.80. The van der Waals surface area contributed by atoms with Gasteiger partial charge in [0.1, 0.15) is 0 Å². The monoisotopic (exact) mass is 321 g/mol. The van der Waals surface area contributed by atoms with Gasteiger partial charge in [0.15, 0.2) is 5.82 Å². The van der Waals surface area contributed by atoms with Crippen LogP contribution in [-0.4, -0.2) is 33.3 Å². The van der Waals surface area contributed by atoms with Crippen molar-refractivity contribution in [2.24, 2.45) is 0 Å². The smallest absolute Gasteiger partial charge is 0.339 e. The largest absolute Gasteiger partial charge is 0.465 e. The van der Waals surface area contributed by atoms with E-state index in [1.807, 2.05) is 36.4 Å². The third-order valence-electron chi connectivity index (χ3n) is 3.30. The summed E-state index contributed by atoms with van der Waals surface area (Å²) in [5.41, 5.74) is 1.95. The van der Waals surface area contributed by atoms with Crippen molar-refractivity contribution in [1.82, 2.24) is 20.2 Å². The molecular formula is C17H15N5O2. The zero-order chi connectivity index (χ0) is 16.8. The lowest BCUT2D eigenvalue weighted by Gasteiger charge is -2.07. The van der Waals surface area contributed by atoms with Gasteiger partial charge in [-0.05, 0) is 34.7 Å². The van der Waals surface area contributed by atoms with E-state index in [0.29, 0.717) is 17.1 Å². The summed E-state index contributed by atoms with van der Waals surface area (Å²) in [5, 5.41) is 14.7. The van der Waals surface area contributed by atoms with Crippen molar-refractivity contribution in [3.05, 3.63) is 72.2 Å². The van der Waals surface area contributed by atoms with Crippen molar-refractivity contribution >= 4 is 17.7 Å². The number of ether oxygens (including phenoxy) is 1. The molecule has 0 atom stereocenters. The highest BCUT2D eigenvalue weighted by Gasteiger charge is 2.10. The number of carbonyl (C=O) groups excluding carboxylic acids is 1. The highest BCUT2D eigenvalue weighted by Crippen LogP contribution is 2.16. The number of rotatable bonds is 5. The number of carbonyl (C=O) groups is 1. The first-order valence-corrected chi connectivity index (χ1v) is 7.24. The summed E-state index contributed by atoms with van der Waals surface area (Å²) < 4.78 is 6.38. The molecule has 1 N–H and O–H groups in total. The highest BCUT2D eigenvalue weighted by atomic mass is 16.5. The first kappa shape index (κ1) is 15.4. The first-order chi connectivity index (χ1) is 11.8. The van der Waals surface area contributed by atoms with Gasteiger partial charge in [0.05, 0.1) is 24.0 Å². The number of hydrogen-bond donors (Lipinski definition) is 1. The summed E-state index contributed by atoms with van der Waals surface area (Å²) in [6.45, 7) is 0. The summed E-state index contributed by atoms with van der Waals surface area (Å²) in [6, 6.07) is 16.7. The number of tetrazole rings is 1. The fraction of sp³-hybridized carbons (Fsp3) is 0.0588. The molecule has 1 heterocycles. The highest BCUT2D eigenvalue weighted by molar-refractivity contribution is 5.95. The van der Waals surface area contributed by atoms with Crippen LogP contribution in [0, 0.1) is 0 Å². The van der Waals surface area contributed by atoms with Crippen LogP contribution in [0.3, 0.4) is 0 Å². The van der Waals surface area contributed by atoms with Crippen molar-refractivity contribution in [2.75, 3.05) is 12.4 Å². The molecule has 0 bridgehead atoms. The van der Waals surface area contributed by atoms with E-state index in [-0.39, 0.29) is 0 Å². The molecule has 3 rings (SSSR count). The van der Waals surface area contributed by atoms with Gasteiger partial charge in [-0.2, -0.15) is 4.68 Å². The van der Waals surface area contributed by atoms with Gasteiger partial charge in [0, 0.05) is 12.3 Å². The average Bonchev–Trinajstić information content (AvgIpc) is 3.11. The van der Waals surface area contributed by atoms with Crippen LogP contribution in [0.5, 0.6) is 0 Å². The standard InChI is InChI=1S/C17H15N5O2/c1-24-17(23)14-9-5-6-10-15(14)18-12-11-16-19-20-21-22(16)13-7-3-2-4-8-13/h2-12,18H,1H3/b12-11-. The Morgan fingerprint density at radius 2 is 1.88 bits per heavy atom. The van der Waals surface area contributed by atoms with Crippen LogP contribution in [0.1, 0.15) is 16.2 Å². The second kappa shape index (κ2) is 7.19. The van der Waals surface area contributed by atoms with Gasteiger partial charge < -0.3 is 10.1 Å². The maximum absolute atomic E-state index is 11.7. The quantitative estimate of drug-likeness (QED) is 0.727. The van der Waals surface area contributed by atoms with E-state index < -0.39 is 5.97 Å². The summed E-state index contributed by atoms with van der Waals surface area (Å²) in [6.07, 6.45) is 3.40. The third kappa shape index (κ3) is 3.30. The SMILES string of the molecule is COC(=O)c1ccccc1N/C=C\c1nnnn1-c1ccccc1. The number of anilines is 1. The molecule has 7 nitrogen and oxygen atoms in total. The van der Waals surface area contributed by atoms with E-state index in [2.05, 4.69) is 20.8 Å². The van der Waals surface area contributed by atoms with E-state index in [1.165, 1.54) is 7.11 Å². The number of methoxy groups -OCH3 is 1. The topological polar surface area (TPSA) is 81.9 Å². The minimum atomic E-state index is -0.402. The Bertz CT molecular complexity index is 858. The van der Waals surface area contributed by atoms with Crippen molar-refractivity contribution in [3.63, 3.8) is 0 Å². The Morgan fingerprint density at radius 1 is 1.12 bits per heavy atom. The fourth-order valence-corrected chi connectivity index (χ4v) is 2.15. The lowest BCUT2D eigenvalue weighted by molar-refractivity contribution is 0.0602. The predicted octanol–water partition coefficient (Wildman–Crippen LogP) is 2.53. The lowest BCUT2D eigenvalue weighted by atomic mass is 10.2. The zero-order valence-electron chi connectivity index (χ0n) is 13.0. The molecule has 0 amide bonds. The predicted molar refractivity (Wildman–Crippen MR) is 89.6 cm³/mol. The molecule has 0 spiro atoms. The second-order valence-corrected chi connectivity index (χ2v) is 4.80. The molecule has 0 fully saturated rings. The molecule has 0 saturated heterocycles. The molecule has 120 valence electrons. The van der Waals surface area contributed by atoms with Gasteiger partial charge in [-0.15, -0.1) is 5.10 Å². The first-order valence-electron chi connectivity index (χ1n) is 7.24. The molecule has 0 saturated carbocycles. The number of aromatic nitrogens is 4. The number of nitrogens with one attached hydrogen (secondary N) is 1. The van der Waals surface area contributed by atoms with Crippen LogP contribution >= 0.6 is 0 Å². The number of esters is 1. The van der Waals surface area contributed by atoms with Crippen LogP contribution in [0.25, 0.3) is 11.8 Å². The molecule has 24 heavy (non-hydrogen) atoms. The number of benzene rings is 2. The Kier molecular flexibility index (Phi) is 4.62. The van der Waals surface area contributed by atoms with Crippen LogP contribution in [0.15, 0.2) is 60.8 Å². The van der Waals surface area contributed by atoms with E-state index in [4.69, 9.17) is 4.74 Å². The summed E-state index contributed by atoms with van der Waals surface area (Å²) >= 11 is 0. The Labute approximate surface area is 138 Å².